The Balaban J connectivity index is 1.85. The van der Waals surface area contributed by atoms with E-state index in [9.17, 15) is 0 Å². The monoisotopic (exact) mass is 253 g/mol. The Bertz CT molecular complexity index is 354. The predicted octanol–water partition coefficient (Wildman–Crippen LogP) is 2.53. The van der Waals surface area contributed by atoms with Gasteiger partial charge in [-0.15, -0.1) is 0 Å². The van der Waals surface area contributed by atoms with Crippen LogP contribution in [0.2, 0.25) is 0 Å². The van der Waals surface area contributed by atoms with E-state index in [1.54, 1.807) is 0 Å². The van der Waals surface area contributed by atoms with Crippen molar-refractivity contribution in [3.05, 3.63) is 17.5 Å². The smallest absolute Gasteiger partial charge is 0.0694 e. The van der Waals surface area contributed by atoms with Crippen molar-refractivity contribution in [3.8, 4) is 0 Å². The van der Waals surface area contributed by atoms with E-state index in [0.29, 0.717) is 5.92 Å². The van der Waals surface area contributed by atoms with Crippen LogP contribution < -0.4 is 5.32 Å². The third-order valence-corrected chi connectivity index (χ3v) is 4.59. The van der Waals surface area contributed by atoms with Gasteiger partial charge in [0, 0.05) is 37.1 Å². The Morgan fingerprint density at radius 1 is 1.59 bits per heavy atom. The molecule has 2 rings (SSSR count). The lowest BCUT2D eigenvalue weighted by Gasteiger charge is -2.10. The zero-order valence-electron chi connectivity index (χ0n) is 11.1. The first-order valence-corrected chi connectivity index (χ1v) is 7.56. The largest absolute Gasteiger partial charge is 0.311 e. The number of rotatable bonds is 5. The van der Waals surface area contributed by atoms with Crippen LogP contribution in [0.5, 0.6) is 0 Å². The van der Waals surface area contributed by atoms with Gasteiger partial charge in [-0.25, -0.2) is 0 Å². The zero-order chi connectivity index (χ0) is 12.3. The third-order valence-electron chi connectivity index (χ3n) is 3.20. The van der Waals surface area contributed by atoms with Gasteiger partial charge in [0.2, 0.25) is 0 Å². The molecule has 1 unspecified atom stereocenters. The molecule has 1 fully saturated rings. The van der Waals surface area contributed by atoms with E-state index in [2.05, 4.69) is 42.2 Å². The highest BCUT2D eigenvalue weighted by Gasteiger charge is 2.16. The molecule has 1 aromatic rings. The maximum absolute atomic E-state index is 4.53. The molecule has 4 heteroatoms. The van der Waals surface area contributed by atoms with Crippen molar-refractivity contribution in [3.63, 3.8) is 0 Å². The van der Waals surface area contributed by atoms with Crippen molar-refractivity contribution in [2.24, 2.45) is 7.05 Å². The second kappa shape index (κ2) is 5.91. The quantitative estimate of drug-likeness (QED) is 0.874. The molecule has 0 radical (unpaired) electrons. The van der Waals surface area contributed by atoms with Crippen LogP contribution in [0.25, 0.3) is 0 Å². The van der Waals surface area contributed by atoms with Crippen LogP contribution in [0.4, 0.5) is 0 Å². The van der Waals surface area contributed by atoms with Crippen molar-refractivity contribution in [2.45, 2.75) is 44.4 Å². The topological polar surface area (TPSA) is 29.9 Å². The summed E-state index contributed by atoms with van der Waals surface area (Å²) in [4.78, 5) is 0. The van der Waals surface area contributed by atoms with Crippen LogP contribution in [0, 0.1) is 0 Å². The summed E-state index contributed by atoms with van der Waals surface area (Å²) >= 11 is 2.11. The van der Waals surface area contributed by atoms with Crippen molar-refractivity contribution in [1.82, 2.24) is 15.1 Å². The fourth-order valence-electron chi connectivity index (χ4n) is 2.35. The Hall–Kier alpha value is -0.480. The SMILES string of the molecule is CC(C)c1nn(C)cc1CNCC1CCCS1. The van der Waals surface area contributed by atoms with E-state index < -0.39 is 0 Å². The molecule has 0 aliphatic carbocycles. The molecule has 17 heavy (non-hydrogen) atoms. The third kappa shape index (κ3) is 3.49. The predicted molar refractivity (Wildman–Crippen MR) is 74.5 cm³/mol. The lowest BCUT2D eigenvalue weighted by Crippen LogP contribution is -2.23. The molecule has 1 saturated heterocycles. The molecule has 2 heterocycles. The average molecular weight is 253 g/mol. The maximum atomic E-state index is 4.53. The Kier molecular flexibility index (Phi) is 4.51. The normalized spacial score (nSPS) is 20.4. The molecule has 0 spiro atoms. The minimum atomic E-state index is 0.508. The molecular weight excluding hydrogens is 230 g/mol. The van der Waals surface area contributed by atoms with Crippen LogP contribution in [0.15, 0.2) is 6.20 Å². The van der Waals surface area contributed by atoms with Crippen LogP contribution >= 0.6 is 11.8 Å². The second-order valence-electron chi connectivity index (χ2n) is 5.13. The number of hydrogen-bond donors (Lipinski definition) is 1. The van der Waals surface area contributed by atoms with Gasteiger partial charge in [-0.05, 0) is 24.5 Å². The summed E-state index contributed by atoms with van der Waals surface area (Å²) in [6.45, 7) is 6.51. The molecule has 3 nitrogen and oxygen atoms in total. The highest BCUT2D eigenvalue weighted by atomic mass is 32.2. The molecule has 1 aliphatic rings. The highest BCUT2D eigenvalue weighted by Crippen LogP contribution is 2.25. The van der Waals surface area contributed by atoms with Crippen LogP contribution in [-0.4, -0.2) is 27.3 Å². The van der Waals surface area contributed by atoms with Gasteiger partial charge in [0.05, 0.1) is 5.69 Å². The highest BCUT2D eigenvalue weighted by molar-refractivity contribution is 8.00. The fraction of sp³-hybridized carbons (Fsp3) is 0.769. The minimum Gasteiger partial charge on any atom is -0.311 e. The number of aromatic nitrogens is 2. The number of aryl methyl sites for hydroxylation is 1. The first kappa shape index (κ1) is 13.0. The van der Waals surface area contributed by atoms with Crippen LogP contribution in [0.3, 0.4) is 0 Å². The van der Waals surface area contributed by atoms with Crippen LogP contribution in [0.1, 0.15) is 43.9 Å². The first-order chi connectivity index (χ1) is 8.16. The first-order valence-electron chi connectivity index (χ1n) is 6.51. The van der Waals surface area contributed by atoms with Crippen molar-refractivity contribution >= 4 is 11.8 Å². The van der Waals surface area contributed by atoms with Crippen LogP contribution in [-0.2, 0) is 13.6 Å². The molecule has 0 amide bonds. The summed E-state index contributed by atoms with van der Waals surface area (Å²) in [5, 5.41) is 8.94. The van der Waals surface area contributed by atoms with Gasteiger partial charge in [-0.3, -0.25) is 4.68 Å². The van der Waals surface area contributed by atoms with Gasteiger partial charge in [-0.1, -0.05) is 13.8 Å². The number of hydrogen-bond acceptors (Lipinski definition) is 3. The summed E-state index contributed by atoms with van der Waals surface area (Å²) in [6, 6.07) is 0. The summed E-state index contributed by atoms with van der Waals surface area (Å²) in [5.74, 6) is 1.85. The minimum absolute atomic E-state index is 0.508. The van der Waals surface area contributed by atoms with Gasteiger partial charge >= 0.3 is 0 Å². The van der Waals surface area contributed by atoms with E-state index in [1.807, 2.05) is 11.7 Å². The van der Waals surface area contributed by atoms with Crippen molar-refractivity contribution < 1.29 is 0 Å². The Morgan fingerprint density at radius 2 is 2.41 bits per heavy atom. The Morgan fingerprint density at radius 3 is 3.06 bits per heavy atom. The lowest BCUT2D eigenvalue weighted by atomic mass is 10.1. The van der Waals surface area contributed by atoms with Gasteiger partial charge in [-0.2, -0.15) is 16.9 Å². The van der Waals surface area contributed by atoms with Crippen molar-refractivity contribution in [1.29, 1.82) is 0 Å². The summed E-state index contributed by atoms with van der Waals surface area (Å²) < 4.78 is 1.93. The van der Waals surface area contributed by atoms with E-state index in [-0.39, 0.29) is 0 Å². The van der Waals surface area contributed by atoms with Gasteiger partial charge in [0.1, 0.15) is 0 Å². The van der Waals surface area contributed by atoms with Gasteiger partial charge in [0.25, 0.3) is 0 Å². The number of nitrogens with one attached hydrogen (secondary N) is 1. The van der Waals surface area contributed by atoms with Gasteiger partial charge < -0.3 is 5.32 Å². The van der Waals surface area contributed by atoms with E-state index in [4.69, 9.17) is 0 Å². The van der Waals surface area contributed by atoms with Gasteiger partial charge in [0.15, 0.2) is 0 Å². The molecule has 0 aromatic carbocycles. The zero-order valence-corrected chi connectivity index (χ0v) is 11.9. The molecule has 1 N–H and O–H groups in total. The Labute approximate surface area is 108 Å². The van der Waals surface area contributed by atoms with Crippen molar-refractivity contribution in [2.75, 3.05) is 12.3 Å². The van der Waals surface area contributed by atoms with E-state index in [1.165, 1.54) is 29.9 Å². The lowest BCUT2D eigenvalue weighted by molar-refractivity contribution is 0.639. The summed E-state index contributed by atoms with van der Waals surface area (Å²) in [6.07, 6.45) is 4.91. The molecule has 1 aliphatic heterocycles. The summed E-state index contributed by atoms with van der Waals surface area (Å²) in [5.41, 5.74) is 2.59. The molecule has 96 valence electrons. The molecule has 1 aromatic heterocycles. The standard InChI is InChI=1S/C13H23N3S/c1-10(2)13-11(9-16(3)15-13)7-14-8-12-5-4-6-17-12/h9-10,12,14H,4-8H2,1-3H3. The molecular formula is C13H23N3S. The fourth-order valence-corrected chi connectivity index (χ4v) is 3.59. The average Bonchev–Trinajstić information content (AvgIpc) is 2.88. The number of thioether (sulfide) groups is 1. The summed E-state index contributed by atoms with van der Waals surface area (Å²) in [7, 11) is 2.00. The van der Waals surface area contributed by atoms with E-state index >= 15 is 0 Å². The molecule has 0 bridgehead atoms. The molecule has 1 atom stereocenters. The van der Waals surface area contributed by atoms with E-state index in [0.717, 1.165) is 18.3 Å². The second-order valence-corrected chi connectivity index (χ2v) is 6.54. The molecule has 0 saturated carbocycles. The number of nitrogens with zero attached hydrogens (tertiary/aromatic N) is 2. The maximum Gasteiger partial charge on any atom is 0.0694 e.